The van der Waals surface area contributed by atoms with Crippen molar-refractivity contribution in [1.29, 1.82) is 0 Å². The van der Waals surface area contributed by atoms with Crippen molar-refractivity contribution in [2.75, 3.05) is 25.6 Å². The van der Waals surface area contributed by atoms with Crippen LogP contribution in [0.4, 0.5) is 5.69 Å². The van der Waals surface area contributed by atoms with Crippen LogP contribution < -0.4 is 10.1 Å². The molecule has 0 radical (unpaired) electrons. The van der Waals surface area contributed by atoms with Crippen molar-refractivity contribution in [2.45, 2.75) is 20.0 Å². The normalized spacial score (nSPS) is 12.2. The first-order valence-corrected chi connectivity index (χ1v) is 5.10. The Labute approximate surface area is 90.6 Å². The van der Waals surface area contributed by atoms with Crippen LogP contribution in [0.3, 0.4) is 0 Å². The summed E-state index contributed by atoms with van der Waals surface area (Å²) in [7, 11) is 1.66. The molecule has 4 heteroatoms. The van der Waals surface area contributed by atoms with Crippen molar-refractivity contribution in [3.05, 3.63) is 18.5 Å². The van der Waals surface area contributed by atoms with E-state index in [2.05, 4.69) is 10.3 Å². The van der Waals surface area contributed by atoms with Gasteiger partial charge in [0.2, 0.25) is 0 Å². The Morgan fingerprint density at radius 2 is 2.27 bits per heavy atom. The zero-order valence-electron chi connectivity index (χ0n) is 9.49. The minimum atomic E-state index is 0.0358. The summed E-state index contributed by atoms with van der Waals surface area (Å²) in [5.74, 6) is 0.762. The second kappa shape index (κ2) is 6.24. The third-order valence-corrected chi connectivity index (χ3v) is 1.83. The summed E-state index contributed by atoms with van der Waals surface area (Å²) >= 11 is 0. The average Bonchev–Trinajstić information content (AvgIpc) is 2.19. The van der Waals surface area contributed by atoms with Crippen LogP contribution in [0.25, 0.3) is 0 Å². The van der Waals surface area contributed by atoms with Crippen LogP contribution in [0.1, 0.15) is 13.8 Å². The number of hydrogen-bond acceptors (Lipinski definition) is 4. The van der Waals surface area contributed by atoms with Gasteiger partial charge in [-0.25, -0.2) is 0 Å². The number of anilines is 1. The number of pyridine rings is 1. The maximum atomic E-state index is 5.61. The van der Waals surface area contributed by atoms with Crippen molar-refractivity contribution >= 4 is 5.69 Å². The lowest BCUT2D eigenvalue weighted by molar-refractivity contribution is 0.0919. The molecule has 0 aliphatic carbocycles. The predicted molar refractivity (Wildman–Crippen MR) is 60.4 cm³/mol. The molecule has 0 saturated heterocycles. The lowest BCUT2D eigenvalue weighted by atomic mass is 10.3. The monoisotopic (exact) mass is 210 g/mol. The van der Waals surface area contributed by atoms with Crippen molar-refractivity contribution in [3.8, 4) is 5.75 Å². The Balaban J connectivity index is 2.56. The Kier molecular flexibility index (Phi) is 4.90. The lowest BCUT2D eigenvalue weighted by Crippen LogP contribution is -2.18. The van der Waals surface area contributed by atoms with E-state index < -0.39 is 0 Å². The Hall–Kier alpha value is -1.29. The maximum absolute atomic E-state index is 5.61. The summed E-state index contributed by atoms with van der Waals surface area (Å²) in [6, 6.07) is 1.93. The first kappa shape index (κ1) is 11.8. The predicted octanol–water partition coefficient (Wildman–Crippen LogP) is 1.93. The minimum absolute atomic E-state index is 0.0358. The lowest BCUT2D eigenvalue weighted by Gasteiger charge is -2.14. The fourth-order valence-corrected chi connectivity index (χ4v) is 1.29. The standard InChI is InChI=1S/C11H18N2O2/c1-4-13-10-5-11(7-12-6-10)15-9(2)8-14-3/h5-7,9,13H,4,8H2,1-3H3. The van der Waals surface area contributed by atoms with Crippen molar-refractivity contribution in [3.63, 3.8) is 0 Å². The van der Waals surface area contributed by atoms with Crippen LogP contribution in [-0.4, -0.2) is 31.3 Å². The topological polar surface area (TPSA) is 43.4 Å². The second-order valence-electron chi connectivity index (χ2n) is 3.32. The summed E-state index contributed by atoms with van der Waals surface area (Å²) in [4.78, 5) is 4.09. The summed E-state index contributed by atoms with van der Waals surface area (Å²) in [6.07, 6.45) is 3.51. The number of nitrogens with zero attached hydrogens (tertiary/aromatic N) is 1. The number of methoxy groups -OCH3 is 1. The molecule has 4 nitrogen and oxygen atoms in total. The molecule has 0 aliphatic heterocycles. The molecule has 0 fully saturated rings. The van der Waals surface area contributed by atoms with Crippen molar-refractivity contribution in [2.24, 2.45) is 0 Å². The van der Waals surface area contributed by atoms with Crippen LogP contribution in [0.15, 0.2) is 18.5 Å². The van der Waals surface area contributed by atoms with Gasteiger partial charge in [-0.05, 0) is 13.8 Å². The van der Waals surface area contributed by atoms with E-state index >= 15 is 0 Å². The highest BCUT2D eigenvalue weighted by Crippen LogP contribution is 2.16. The smallest absolute Gasteiger partial charge is 0.140 e. The fourth-order valence-electron chi connectivity index (χ4n) is 1.29. The number of rotatable bonds is 6. The summed E-state index contributed by atoms with van der Waals surface area (Å²) in [6.45, 7) is 5.45. The molecule has 15 heavy (non-hydrogen) atoms. The van der Waals surface area contributed by atoms with Crippen LogP contribution >= 0.6 is 0 Å². The van der Waals surface area contributed by atoms with Crippen LogP contribution in [0.2, 0.25) is 0 Å². The summed E-state index contributed by atoms with van der Waals surface area (Å²) in [5, 5.41) is 3.18. The molecule has 1 heterocycles. The van der Waals surface area contributed by atoms with Gasteiger partial charge in [0.1, 0.15) is 11.9 Å². The van der Waals surface area contributed by atoms with Crippen molar-refractivity contribution in [1.82, 2.24) is 4.98 Å². The summed E-state index contributed by atoms with van der Waals surface area (Å²) in [5.41, 5.74) is 0.972. The Morgan fingerprint density at radius 3 is 2.93 bits per heavy atom. The van der Waals surface area contributed by atoms with Gasteiger partial charge in [0.25, 0.3) is 0 Å². The van der Waals surface area contributed by atoms with E-state index in [1.807, 2.05) is 19.9 Å². The van der Waals surface area contributed by atoms with Gasteiger partial charge >= 0.3 is 0 Å². The fraction of sp³-hybridized carbons (Fsp3) is 0.545. The molecule has 1 atom stereocenters. The van der Waals surface area contributed by atoms with E-state index in [9.17, 15) is 0 Å². The van der Waals surface area contributed by atoms with E-state index in [1.165, 1.54) is 0 Å². The minimum Gasteiger partial charge on any atom is -0.487 e. The molecule has 0 aromatic carbocycles. The van der Waals surface area contributed by atoms with E-state index in [4.69, 9.17) is 9.47 Å². The molecule has 0 amide bonds. The third-order valence-electron chi connectivity index (χ3n) is 1.83. The quantitative estimate of drug-likeness (QED) is 0.779. The maximum Gasteiger partial charge on any atom is 0.140 e. The average molecular weight is 210 g/mol. The van der Waals surface area contributed by atoms with Gasteiger partial charge in [0, 0.05) is 19.7 Å². The molecule has 1 N–H and O–H groups in total. The largest absolute Gasteiger partial charge is 0.487 e. The molecule has 1 unspecified atom stereocenters. The molecule has 1 rings (SSSR count). The van der Waals surface area contributed by atoms with E-state index in [-0.39, 0.29) is 6.10 Å². The molecule has 0 aliphatic rings. The van der Waals surface area contributed by atoms with Crippen molar-refractivity contribution < 1.29 is 9.47 Å². The Morgan fingerprint density at radius 1 is 1.47 bits per heavy atom. The zero-order valence-corrected chi connectivity index (χ0v) is 9.49. The number of nitrogens with one attached hydrogen (secondary N) is 1. The first-order chi connectivity index (χ1) is 7.26. The molecule has 1 aromatic heterocycles. The van der Waals surface area contributed by atoms with Gasteiger partial charge < -0.3 is 14.8 Å². The van der Waals surface area contributed by atoms with Crippen LogP contribution in [-0.2, 0) is 4.74 Å². The highest BCUT2D eigenvalue weighted by Gasteiger charge is 2.03. The highest BCUT2D eigenvalue weighted by atomic mass is 16.5. The van der Waals surface area contributed by atoms with Gasteiger partial charge in [-0.1, -0.05) is 0 Å². The van der Waals surface area contributed by atoms with Crippen LogP contribution in [0, 0.1) is 0 Å². The molecule has 0 bridgehead atoms. The highest BCUT2D eigenvalue weighted by molar-refractivity contribution is 5.44. The number of ether oxygens (including phenoxy) is 2. The molecule has 0 saturated carbocycles. The number of aromatic nitrogens is 1. The summed E-state index contributed by atoms with van der Waals surface area (Å²) < 4.78 is 10.6. The zero-order chi connectivity index (χ0) is 11.1. The molecular formula is C11H18N2O2. The third kappa shape index (κ3) is 4.16. The van der Waals surface area contributed by atoms with Crippen LogP contribution in [0.5, 0.6) is 5.75 Å². The molecule has 1 aromatic rings. The molecular weight excluding hydrogens is 192 g/mol. The van der Waals surface area contributed by atoms with E-state index in [1.54, 1.807) is 19.5 Å². The molecule has 84 valence electrons. The molecule has 0 spiro atoms. The first-order valence-electron chi connectivity index (χ1n) is 5.10. The SMILES string of the molecule is CCNc1cncc(OC(C)COC)c1. The van der Waals surface area contributed by atoms with Gasteiger partial charge in [-0.15, -0.1) is 0 Å². The second-order valence-corrected chi connectivity index (χ2v) is 3.32. The van der Waals surface area contributed by atoms with E-state index in [0.29, 0.717) is 6.61 Å². The van der Waals surface area contributed by atoms with Gasteiger partial charge in [0.05, 0.1) is 24.7 Å². The van der Waals surface area contributed by atoms with Gasteiger partial charge in [-0.3, -0.25) is 4.98 Å². The van der Waals surface area contributed by atoms with E-state index in [0.717, 1.165) is 18.0 Å². The number of hydrogen-bond donors (Lipinski definition) is 1. The Bertz CT molecular complexity index is 292. The van der Waals surface area contributed by atoms with Gasteiger partial charge in [0.15, 0.2) is 0 Å². The van der Waals surface area contributed by atoms with Gasteiger partial charge in [-0.2, -0.15) is 0 Å².